The number of carbonyl (C=O) groups excluding carboxylic acids is 1. The molecule has 1 aromatic heterocycles. The summed E-state index contributed by atoms with van der Waals surface area (Å²) in [7, 11) is 0. The quantitative estimate of drug-likeness (QED) is 0.589. The van der Waals surface area contributed by atoms with Crippen molar-refractivity contribution in [3.63, 3.8) is 0 Å². The molecule has 0 aliphatic heterocycles. The van der Waals surface area contributed by atoms with Crippen LogP contribution >= 0.6 is 23.4 Å². The van der Waals surface area contributed by atoms with E-state index in [9.17, 15) is 4.79 Å². The molecule has 1 atom stereocenters. The van der Waals surface area contributed by atoms with E-state index in [4.69, 9.17) is 11.6 Å². The van der Waals surface area contributed by atoms with Gasteiger partial charge < -0.3 is 0 Å². The van der Waals surface area contributed by atoms with Crippen LogP contribution in [0.1, 0.15) is 31.2 Å². The molecule has 1 aliphatic rings. The van der Waals surface area contributed by atoms with Crippen LogP contribution in [-0.4, -0.2) is 25.8 Å². The van der Waals surface area contributed by atoms with Gasteiger partial charge in [0, 0.05) is 17.0 Å². The lowest BCUT2D eigenvalue weighted by Crippen LogP contribution is -2.22. The molecule has 1 aliphatic carbocycles. The van der Waals surface area contributed by atoms with E-state index in [1.165, 1.54) is 5.56 Å². The summed E-state index contributed by atoms with van der Waals surface area (Å²) in [5.74, 6) is 1.12. The van der Waals surface area contributed by atoms with Crippen molar-refractivity contribution in [2.24, 2.45) is 0 Å². The van der Waals surface area contributed by atoms with Gasteiger partial charge >= 0.3 is 0 Å². The molecule has 4 rings (SSSR count). The normalized spacial score (nSPS) is 17.2. The Balaban J connectivity index is 1.69. The number of hydrogen-bond donors (Lipinski definition) is 0. The molecule has 0 radical (unpaired) electrons. The first kappa shape index (κ1) is 18.3. The summed E-state index contributed by atoms with van der Waals surface area (Å²) in [6, 6.07) is 17.9. The van der Waals surface area contributed by atoms with Crippen molar-refractivity contribution < 1.29 is 4.79 Å². The summed E-state index contributed by atoms with van der Waals surface area (Å²) in [4.78, 5) is 12.3. The van der Waals surface area contributed by atoms with E-state index in [-0.39, 0.29) is 5.25 Å². The summed E-state index contributed by atoms with van der Waals surface area (Å²) < 4.78 is 2.10. The Morgan fingerprint density at radius 1 is 1.04 bits per heavy atom. The van der Waals surface area contributed by atoms with Crippen LogP contribution in [0.15, 0.2) is 59.8 Å². The number of thioether (sulfide) groups is 1. The zero-order valence-electron chi connectivity index (χ0n) is 14.8. The smallest absolute Gasteiger partial charge is 0.192 e. The summed E-state index contributed by atoms with van der Waals surface area (Å²) >= 11 is 7.59. The Morgan fingerprint density at radius 2 is 1.81 bits per heavy atom. The van der Waals surface area contributed by atoms with Gasteiger partial charge in [0.25, 0.3) is 0 Å². The molecule has 4 nitrogen and oxygen atoms in total. The fourth-order valence-corrected chi connectivity index (χ4v) is 4.58. The first-order valence-electron chi connectivity index (χ1n) is 9.13. The second-order valence-corrected chi connectivity index (χ2v) is 8.31. The maximum absolute atomic E-state index is 12.3. The lowest BCUT2D eigenvalue weighted by Gasteiger charge is -2.20. The van der Waals surface area contributed by atoms with Crippen molar-refractivity contribution in [1.82, 2.24) is 14.8 Å². The molecule has 0 amide bonds. The summed E-state index contributed by atoms with van der Waals surface area (Å²) in [6.45, 7) is 0.662. The van der Waals surface area contributed by atoms with E-state index in [2.05, 4.69) is 26.9 Å². The monoisotopic (exact) mass is 397 g/mol. The minimum Gasteiger partial charge on any atom is -0.298 e. The number of benzene rings is 2. The molecule has 1 fully saturated rings. The lowest BCUT2D eigenvalue weighted by atomic mass is 9.99. The van der Waals surface area contributed by atoms with E-state index >= 15 is 0 Å². The molecular weight excluding hydrogens is 378 g/mol. The largest absolute Gasteiger partial charge is 0.298 e. The Labute approximate surface area is 168 Å². The van der Waals surface area contributed by atoms with Crippen molar-refractivity contribution in [2.75, 3.05) is 0 Å². The number of hydrogen-bond acceptors (Lipinski definition) is 4. The highest BCUT2D eigenvalue weighted by atomic mass is 35.5. The predicted octanol–water partition coefficient (Wildman–Crippen LogP) is 5.25. The van der Waals surface area contributed by atoms with Crippen molar-refractivity contribution in [1.29, 1.82) is 0 Å². The maximum atomic E-state index is 12.3. The molecular formula is C21H20ClN3OS. The van der Waals surface area contributed by atoms with Gasteiger partial charge in [0.15, 0.2) is 11.0 Å². The third-order valence-electron chi connectivity index (χ3n) is 4.75. The minimum absolute atomic E-state index is 0.0180. The van der Waals surface area contributed by atoms with Crippen LogP contribution in [0, 0.1) is 0 Å². The van der Waals surface area contributed by atoms with Gasteiger partial charge in [-0.1, -0.05) is 60.1 Å². The SMILES string of the molecule is O=C1CCCCC1Sc1nnc(-c2ccc(Cl)cc2)n1Cc1ccccc1. The third-order valence-corrected chi connectivity index (χ3v) is 6.30. The number of halogens is 1. The molecule has 3 aromatic rings. The molecule has 138 valence electrons. The third kappa shape index (κ3) is 4.25. The number of rotatable bonds is 5. The topological polar surface area (TPSA) is 47.8 Å². The fraction of sp³-hybridized carbons (Fsp3) is 0.286. The van der Waals surface area contributed by atoms with Crippen LogP contribution < -0.4 is 0 Å². The Bertz CT molecular complexity index is 924. The number of carbonyl (C=O) groups is 1. The Hall–Kier alpha value is -2.11. The van der Waals surface area contributed by atoms with Crippen LogP contribution in [0.3, 0.4) is 0 Å². The van der Waals surface area contributed by atoms with Crippen LogP contribution in [0.4, 0.5) is 0 Å². The van der Waals surface area contributed by atoms with E-state index in [1.54, 1.807) is 11.8 Å². The van der Waals surface area contributed by atoms with E-state index in [0.29, 0.717) is 23.8 Å². The average molecular weight is 398 g/mol. The fourth-order valence-electron chi connectivity index (χ4n) is 3.30. The van der Waals surface area contributed by atoms with Gasteiger partial charge in [-0.25, -0.2) is 0 Å². The molecule has 0 N–H and O–H groups in total. The van der Waals surface area contributed by atoms with Gasteiger partial charge in [-0.2, -0.15) is 0 Å². The van der Waals surface area contributed by atoms with Gasteiger partial charge in [-0.15, -0.1) is 10.2 Å². The standard InChI is InChI=1S/C21H20ClN3OS/c22-17-12-10-16(11-13-17)20-23-24-21(27-19-9-5-4-8-18(19)26)25(20)14-15-6-2-1-3-7-15/h1-3,6-7,10-13,19H,4-5,8-9,14H2. The molecule has 1 saturated carbocycles. The van der Waals surface area contributed by atoms with Crippen LogP contribution in [0.5, 0.6) is 0 Å². The lowest BCUT2D eigenvalue weighted by molar-refractivity contribution is -0.119. The molecule has 2 aromatic carbocycles. The molecule has 0 bridgehead atoms. The highest BCUT2D eigenvalue weighted by molar-refractivity contribution is 8.00. The average Bonchev–Trinajstić information content (AvgIpc) is 3.07. The highest BCUT2D eigenvalue weighted by Gasteiger charge is 2.26. The van der Waals surface area contributed by atoms with E-state index in [1.807, 2.05) is 42.5 Å². The molecule has 1 unspecified atom stereocenters. The summed E-state index contributed by atoms with van der Waals surface area (Å²) in [6.07, 6.45) is 3.69. The van der Waals surface area contributed by atoms with Crippen LogP contribution in [-0.2, 0) is 11.3 Å². The van der Waals surface area contributed by atoms with Crippen molar-refractivity contribution in [2.45, 2.75) is 42.6 Å². The zero-order chi connectivity index (χ0) is 18.6. The molecule has 0 spiro atoms. The number of Topliss-reactive ketones (excluding diaryl/α,β-unsaturated/α-hetero) is 1. The number of aromatic nitrogens is 3. The van der Waals surface area contributed by atoms with Gasteiger partial charge in [0.1, 0.15) is 5.78 Å². The highest BCUT2D eigenvalue weighted by Crippen LogP contribution is 2.33. The van der Waals surface area contributed by atoms with Gasteiger partial charge in [-0.05, 0) is 42.7 Å². The second-order valence-electron chi connectivity index (χ2n) is 6.70. The van der Waals surface area contributed by atoms with Crippen LogP contribution in [0.2, 0.25) is 5.02 Å². The van der Waals surface area contributed by atoms with Crippen molar-refractivity contribution >= 4 is 29.1 Å². The van der Waals surface area contributed by atoms with Gasteiger partial charge in [-0.3, -0.25) is 9.36 Å². The van der Waals surface area contributed by atoms with Gasteiger partial charge in [0.2, 0.25) is 0 Å². The van der Waals surface area contributed by atoms with Crippen molar-refractivity contribution in [3.05, 3.63) is 65.2 Å². The van der Waals surface area contributed by atoms with Crippen molar-refractivity contribution in [3.8, 4) is 11.4 Å². The zero-order valence-corrected chi connectivity index (χ0v) is 16.4. The number of ketones is 1. The minimum atomic E-state index is -0.0180. The number of nitrogens with zero attached hydrogens (tertiary/aromatic N) is 3. The Morgan fingerprint density at radius 3 is 2.56 bits per heavy atom. The van der Waals surface area contributed by atoms with E-state index < -0.39 is 0 Å². The summed E-state index contributed by atoms with van der Waals surface area (Å²) in [5.41, 5.74) is 2.13. The first-order valence-corrected chi connectivity index (χ1v) is 10.4. The maximum Gasteiger partial charge on any atom is 0.192 e. The van der Waals surface area contributed by atoms with Crippen LogP contribution in [0.25, 0.3) is 11.4 Å². The predicted molar refractivity (Wildman–Crippen MR) is 109 cm³/mol. The summed E-state index contributed by atoms with van der Waals surface area (Å²) in [5, 5.41) is 10.3. The van der Waals surface area contributed by atoms with Gasteiger partial charge in [0.05, 0.1) is 11.8 Å². The van der Waals surface area contributed by atoms with E-state index in [0.717, 1.165) is 35.8 Å². The molecule has 6 heteroatoms. The molecule has 27 heavy (non-hydrogen) atoms. The first-order chi connectivity index (χ1) is 13.2. The molecule has 0 saturated heterocycles. The Kier molecular flexibility index (Phi) is 5.60. The second kappa shape index (κ2) is 8.28. The molecule has 1 heterocycles.